The molecule has 0 atom stereocenters. The second-order valence-electron chi connectivity index (χ2n) is 6.30. The molecule has 0 bridgehead atoms. The first kappa shape index (κ1) is 16.8. The van der Waals surface area contributed by atoms with Gasteiger partial charge >= 0.3 is 5.63 Å². The molecule has 27 heavy (non-hydrogen) atoms. The lowest BCUT2D eigenvalue weighted by atomic mass is 10.1. The average Bonchev–Trinajstić information content (AvgIpc) is 2.98. The fourth-order valence-corrected chi connectivity index (χ4v) is 2.96. The monoisotopic (exact) mass is 363 g/mol. The van der Waals surface area contributed by atoms with Crippen LogP contribution in [-0.2, 0) is 4.79 Å². The van der Waals surface area contributed by atoms with Crippen LogP contribution in [0.15, 0.2) is 51.7 Å². The number of rotatable bonds is 4. The second-order valence-corrected chi connectivity index (χ2v) is 6.30. The molecule has 4 aromatic rings. The Morgan fingerprint density at radius 3 is 2.89 bits per heavy atom. The van der Waals surface area contributed by atoms with Gasteiger partial charge in [-0.1, -0.05) is 0 Å². The van der Waals surface area contributed by atoms with Gasteiger partial charge in [-0.15, -0.1) is 0 Å². The largest absolute Gasteiger partial charge is 0.484 e. The number of H-pyrrole nitrogens is 1. The van der Waals surface area contributed by atoms with Gasteiger partial charge < -0.3 is 19.5 Å². The Kier molecular flexibility index (Phi) is 4.12. The van der Waals surface area contributed by atoms with Gasteiger partial charge in [-0.3, -0.25) is 4.79 Å². The number of nitrogens with one attached hydrogen (secondary N) is 2. The van der Waals surface area contributed by atoms with Gasteiger partial charge in [-0.2, -0.15) is 0 Å². The van der Waals surface area contributed by atoms with Crippen LogP contribution in [0.3, 0.4) is 0 Å². The summed E-state index contributed by atoms with van der Waals surface area (Å²) in [7, 11) is 0. The molecule has 7 heteroatoms. The molecular weight excluding hydrogens is 346 g/mol. The molecule has 2 N–H and O–H groups in total. The number of fused-ring (bicyclic) bond motifs is 2. The molecule has 0 saturated carbocycles. The molecule has 0 radical (unpaired) electrons. The predicted octanol–water partition coefficient (Wildman–Crippen LogP) is 3.30. The van der Waals surface area contributed by atoms with Gasteiger partial charge in [0.15, 0.2) is 6.61 Å². The van der Waals surface area contributed by atoms with E-state index in [-0.39, 0.29) is 12.5 Å². The standard InChI is InChI=1S/C20H17N3O4/c1-11-7-20(25)27-18-9-14(4-5-15(11)18)26-10-19(24)23-13-3-6-16-17(8-13)22-12(2)21-16/h3-9H,10H2,1-2H3,(H,21,22)(H,23,24). The Morgan fingerprint density at radius 2 is 2.04 bits per heavy atom. The molecule has 0 spiro atoms. The predicted molar refractivity (Wildman–Crippen MR) is 102 cm³/mol. The highest BCUT2D eigenvalue weighted by Gasteiger charge is 2.08. The fourth-order valence-electron chi connectivity index (χ4n) is 2.96. The highest BCUT2D eigenvalue weighted by atomic mass is 16.5. The number of nitrogens with zero attached hydrogens (tertiary/aromatic N) is 1. The van der Waals surface area contributed by atoms with Gasteiger partial charge in [-0.05, 0) is 49.7 Å². The van der Waals surface area contributed by atoms with Crippen LogP contribution in [0, 0.1) is 13.8 Å². The Morgan fingerprint density at radius 1 is 1.19 bits per heavy atom. The molecule has 2 aromatic heterocycles. The van der Waals surface area contributed by atoms with E-state index >= 15 is 0 Å². The van der Waals surface area contributed by atoms with Crippen LogP contribution in [0.4, 0.5) is 5.69 Å². The van der Waals surface area contributed by atoms with Gasteiger partial charge in [-0.25, -0.2) is 9.78 Å². The first-order valence-corrected chi connectivity index (χ1v) is 8.41. The lowest BCUT2D eigenvalue weighted by Gasteiger charge is -2.08. The minimum atomic E-state index is -0.417. The van der Waals surface area contributed by atoms with E-state index in [4.69, 9.17) is 9.15 Å². The average molecular weight is 363 g/mol. The maximum Gasteiger partial charge on any atom is 0.336 e. The molecule has 2 heterocycles. The van der Waals surface area contributed by atoms with Crippen molar-refractivity contribution in [3.63, 3.8) is 0 Å². The summed E-state index contributed by atoms with van der Waals surface area (Å²) in [6.45, 7) is 3.55. The van der Waals surface area contributed by atoms with Crippen molar-refractivity contribution in [2.45, 2.75) is 13.8 Å². The van der Waals surface area contributed by atoms with Crippen LogP contribution in [0.25, 0.3) is 22.0 Å². The van der Waals surface area contributed by atoms with E-state index in [1.54, 1.807) is 24.3 Å². The quantitative estimate of drug-likeness (QED) is 0.542. The Hall–Kier alpha value is -3.61. The minimum absolute atomic E-state index is 0.165. The van der Waals surface area contributed by atoms with E-state index in [0.29, 0.717) is 17.0 Å². The number of amides is 1. The third-order valence-corrected chi connectivity index (χ3v) is 4.18. The van der Waals surface area contributed by atoms with Crippen LogP contribution >= 0.6 is 0 Å². The molecule has 1 amide bonds. The molecule has 0 unspecified atom stereocenters. The summed E-state index contributed by atoms with van der Waals surface area (Å²) in [4.78, 5) is 31.1. The highest BCUT2D eigenvalue weighted by Crippen LogP contribution is 2.22. The Bertz CT molecular complexity index is 1220. The van der Waals surface area contributed by atoms with E-state index in [1.807, 2.05) is 26.0 Å². The van der Waals surface area contributed by atoms with Gasteiger partial charge in [0.1, 0.15) is 17.2 Å². The van der Waals surface area contributed by atoms with Crippen LogP contribution < -0.4 is 15.7 Å². The van der Waals surface area contributed by atoms with E-state index in [0.717, 1.165) is 27.8 Å². The smallest absolute Gasteiger partial charge is 0.336 e. The van der Waals surface area contributed by atoms with Crippen LogP contribution in [-0.4, -0.2) is 22.5 Å². The first-order chi connectivity index (χ1) is 13.0. The Balaban J connectivity index is 1.45. The third-order valence-electron chi connectivity index (χ3n) is 4.18. The molecule has 7 nitrogen and oxygen atoms in total. The zero-order valence-corrected chi connectivity index (χ0v) is 14.8. The molecule has 2 aromatic carbocycles. The van der Waals surface area contributed by atoms with Crippen molar-refractivity contribution < 1.29 is 13.9 Å². The normalized spacial score (nSPS) is 11.0. The maximum absolute atomic E-state index is 12.2. The summed E-state index contributed by atoms with van der Waals surface area (Å²) in [6.07, 6.45) is 0. The lowest BCUT2D eigenvalue weighted by Crippen LogP contribution is -2.20. The van der Waals surface area contributed by atoms with E-state index in [1.165, 1.54) is 6.07 Å². The second kappa shape index (κ2) is 6.60. The van der Waals surface area contributed by atoms with Crippen molar-refractivity contribution in [3.05, 3.63) is 64.3 Å². The van der Waals surface area contributed by atoms with E-state index < -0.39 is 5.63 Å². The van der Waals surface area contributed by atoms with Crippen molar-refractivity contribution in [2.24, 2.45) is 0 Å². The molecule has 0 aliphatic rings. The van der Waals surface area contributed by atoms with Crippen molar-refractivity contribution >= 4 is 33.6 Å². The van der Waals surface area contributed by atoms with E-state index in [9.17, 15) is 9.59 Å². The first-order valence-electron chi connectivity index (χ1n) is 8.41. The summed E-state index contributed by atoms with van der Waals surface area (Å²) in [5.41, 5.74) is 3.19. The number of benzene rings is 2. The number of aryl methyl sites for hydroxylation is 2. The minimum Gasteiger partial charge on any atom is -0.484 e. The Labute approximate surface area is 154 Å². The molecule has 0 aliphatic carbocycles. The van der Waals surface area contributed by atoms with Crippen molar-refractivity contribution in [1.82, 2.24) is 9.97 Å². The summed E-state index contributed by atoms with van der Waals surface area (Å²) >= 11 is 0. The SMILES string of the molecule is Cc1nc2ccc(NC(=O)COc3ccc4c(C)cc(=O)oc4c3)cc2[nH]1. The zero-order valence-electron chi connectivity index (χ0n) is 14.8. The molecule has 4 rings (SSSR count). The van der Waals surface area contributed by atoms with Crippen molar-refractivity contribution in [1.29, 1.82) is 0 Å². The molecule has 136 valence electrons. The molecular formula is C20H17N3O4. The van der Waals surface area contributed by atoms with Gasteiger partial charge in [0, 0.05) is 23.2 Å². The number of carbonyl (C=O) groups is 1. The number of anilines is 1. The van der Waals surface area contributed by atoms with E-state index in [2.05, 4.69) is 15.3 Å². The maximum atomic E-state index is 12.2. The summed E-state index contributed by atoms with van der Waals surface area (Å²) < 4.78 is 10.7. The van der Waals surface area contributed by atoms with Crippen LogP contribution in [0.5, 0.6) is 5.75 Å². The third kappa shape index (κ3) is 3.52. The zero-order chi connectivity index (χ0) is 19.0. The summed E-state index contributed by atoms with van der Waals surface area (Å²) in [5, 5.41) is 3.61. The van der Waals surface area contributed by atoms with Gasteiger partial charge in [0.25, 0.3) is 5.91 Å². The lowest BCUT2D eigenvalue weighted by molar-refractivity contribution is -0.118. The summed E-state index contributed by atoms with van der Waals surface area (Å²) in [6, 6.07) is 12.0. The number of aromatic amines is 1. The number of carbonyl (C=O) groups excluding carboxylic acids is 1. The number of ether oxygens (including phenoxy) is 1. The molecule has 0 aliphatic heterocycles. The van der Waals surface area contributed by atoms with Crippen LogP contribution in [0.1, 0.15) is 11.4 Å². The number of aromatic nitrogens is 2. The number of imidazole rings is 1. The van der Waals surface area contributed by atoms with Gasteiger partial charge in [0.2, 0.25) is 0 Å². The number of hydrogen-bond donors (Lipinski definition) is 2. The molecule has 0 fully saturated rings. The summed E-state index contributed by atoms with van der Waals surface area (Å²) in [5.74, 6) is 0.970. The van der Waals surface area contributed by atoms with Crippen molar-refractivity contribution in [2.75, 3.05) is 11.9 Å². The van der Waals surface area contributed by atoms with Crippen molar-refractivity contribution in [3.8, 4) is 5.75 Å². The fraction of sp³-hybridized carbons (Fsp3) is 0.150. The molecule has 0 saturated heterocycles. The topological polar surface area (TPSA) is 97.2 Å². The highest BCUT2D eigenvalue weighted by molar-refractivity contribution is 5.94. The van der Waals surface area contributed by atoms with Crippen LogP contribution in [0.2, 0.25) is 0 Å². The van der Waals surface area contributed by atoms with Gasteiger partial charge in [0.05, 0.1) is 11.0 Å². The number of hydrogen-bond acceptors (Lipinski definition) is 5.